The molecule has 88 valence electrons. The molecule has 0 spiro atoms. The van der Waals surface area contributed by atoms with Gasteiger partial charge in [-0.25, -0.2) is 4.98 Å². The quantitative estimate of drug-likeness (QED) is 0.825. The van der Waals surface area contributed by atoms with Crippen LogP contribution in [0, 0.1) is 20.8 Å². The topological polar surface area (TPSA) is 70.7 Å². The van der Waals surface area contributed by atoms with E-state index in [1.54, 1.807) is 12.1 Å². The number of aryl methyl sites for hydroxylation is 3. The highest BCUT2D eigenvalue weighted by Crippen LogP contribution is 2.28. The normalized spacial score (nSPS) is 11.2. The molecule has 0 atom stereocenters. The Morgan fingerprint density at radius 2 is 1.76 bits per heavy atom. The summed E-state index contributed by atoms with van der Waals surface area (Å²) in [5, 5.41) is 18.2. The maximum atomic E-state index is 9.63. The minimum absolute atomic E-state index is 0.302. The van der Waals surface area contributed by atoms with Gasteiger partial charge in [0.25, 0.3) is 0 Å². The Bertz CT molecular complexity index is 554. The van der Waals surface area contributed by atoms with E-state index in [1.165, 1.54) is 11.5 Å². The van der Waals surface area contributed by atoms with Crippen LogP contribution in [0.3, 0.4) is 0 Å². The summed E-state index contributed by atoms with van der Waals surface area (Å²) >= 11 is 1.21. The van der Waals surface area contributed by atoms with E-state index in [9.17, 15) is 5.11 Å². The van der Waals surface area contributed by atoms with Crippen LogP contribution in [0.15, 0.2) is 22.4 Å². The highest BCUT2D eigenvalue weighted by atomic mass is 32.1. The second-order valence-electron chi connectivity index (χ2n) is 3.75. The summed E-state index contributed by atoms with van der Waals surface area (Å²) in [4.78, 5) is 4.09. The van der Waals surface area contributed by atoms with Crippen LogP contribution >= 0.6 is 11.5 Å². The fourth-order valence-electron chi connectivity index (χ4n) is 1.42. The van der Waals surface area contributed by atoms with Gasteiger partial charge < -0.3 is 5.11 Å². The Kier molecular flexibility index (Phi) is 3.14. The Morgan fingerprint density at radius 3 is 2.29 bits per heavy atom. The molecule has 0 saturated heterocycles. The first-order valence-electron chi connectivity index (χ1n) is 5.08. The van der Waals surface area contributed by atoms with Gasteiger partial charge in [-0.05, 0) is 44.0 Å². The predicted octanol–water partition coefficient (Wildman–Crippen LogP) is 3.58. The van der Waals surface area contributed by atoms with E-state index in [2.05, 4.69) is 19.6 Å². The molecule has 0 aliphatic rings. The third-order valence-electron chi connectivity index (χ3n) is 2.24. The van der Waals surface area contributed by atoms with Gasteiger partial charge in [-0.3, -0.25) is 0 Å². The smallest absolute Gasteiger partial charge is 0.249 e. The molecule has 5 nitrogen and oxygen atoms in total. The van der Waals surface area contributed by atoms with Gasteiger partial charge in [-0.1, -0.05) is 0 Å². The number of azo groups is 1. The zero-order valence-corrected chi connectivity index (χ0v) is 10.6. The summed E-state index contributed by atoms with van der Waals surface area (Å²) in [5.74, 6) is 0.998. The molecule has 2 aromatic rings. The van der Waals surface area contributed by atoms with Gasteiger partial charge in [0.05, 0.1) is 5.69 Å². The van der Waals surface area contributed by atoms with E-state index in [0.29, 0.717) is 22.4 Å². The maximum Gasteiger partial charge on any atom is 0.249 e. The molecule has 0 fully saturated rings. The second kappa shape index (κ2) is 4.58. The molecule has 2 rings (SSSR count). The van der Waals surface area contributed by atoms with E-state index >= 15 is 0 Å². The minimum atomic E-state index is 0.302. The van der Waals surface area contributed by atoms with Gasteiger partial charge >= 0.3 is 0 Å². The van der Waals surface area contributed by atoms with Crippen LogP contribution in [-0.4, -0.2) is 14.5 Å². The van der Waals surface area contributed by atoms with Crippen molar-refractivity contribution in [2.75, 3.05) is 0 Å². The van der Waals surface area contributed by atoms with Crippen molar-refractivity contribution in [3.8, 4) is 5.75 Å². The standard InChI is InChI=1S/C11H12N4OS/c1-6-4-9(5-7(2)10(6)16)13-14-11-12-8(3)15-17-11/h4-5,16H,1-3H3. The number of phenols is 1. The number of phenolic OH excluding ortho intramolecular Hbond substituents is 1. The molecule has 0 amide bonds. The molecule has 1 heterocycles. The van der Waals surface area contributed by atoms with Gasteiger partial charge in [0.2, 0.25) is 5.13 Å². The zero-order chi connectivity index (χ0) is 12.4. The van der Waals surface area contributed by atoms with E-state index < -0.39 is 0 Å². The first kappa shape index (κ1) is 11.7. The fraction of sp³-hybridized carbons (Fsp3) is 0.273. The SMILES string of the molecule is Cc1nsc(N=Nc2cc(C)c(O)c(C)c2)n1. The van der Waals surface area contributed by atoms with Crippen LogP contribution in [0.4, 0.5) is 10.8 Å². The average Bonchev–Trinajstić information content (AvgIpc) is 2.69. The van der Waals surface area contributed by atoms with E-state index in [0.717, 1.165) is 11.1 Å². The number of aromatic hydroxyl groups is 1. The van der Waals surface area contributed by atoms with E-state index in [1.807, 2.05) is 20.8 Å². The van der Waals surface area contributed by atoms with Gasteiger partial charge in [-0.15, -0.1) is 10.2 Å². The number of aromatic nitrogens is 2. The Morgan fingerprint density at radius 1 is 1.12 bits per heavy atom. The lowest BCUT2D eigenvalue weighted by Gasteiger charge is -2.03. The Hall–Kier alpha value is -1.82. The molecular formula is C11H12N4OS. The number of nitrogens with zero attached hydrogens (tertiary/aromatic N) is 4. The maximum absolute atomic E-state index is 9.63. The molecule has 1 N–H and O–H groups in total. The van der Waals surface area contributed by atoms with Crippen molar-refractivity contribution in [1.29, 1.82) is 0 Å². The molecule has 1 aromatic carbocycles. The summed E-state index contributed by atoms with van der Waals surface area (Å²) in [6.07, 6.45) is 0. The third-order valence-corrected chi connectivity index (χ3v) is 2.94. The molecule has 0 bridgehead atoms. The average molecular weight is 248 g/mol. The molecule has 0 unspecified atom stereocenters. The van der Waals surface area contributed by atoms with Crippen LogP contribution < -0.4 is 0 Å². The first-order valence-corrected chi connectivity index (χ1v) is 5.86. The number of rotatable bonds is 2. The predicted molar refractivity (Wildman–Crippen MR) is 66.4 cm³/mol. The van der Waals surface area contributed by atoms with Gasteiger partial charge in [0, 0.05) is 11.5 Å². The van der Waals surface area contributed by atoms with Crippen molar-refractivity contribution in [3.63, 3.8) is 0 Å². The lowest BCUT2D eigenvalue weighted by molar-refractivity contribution is 0.467. The minimum Gasteiger partial charge on any atom is -0.507 e. The van der Waals surface area contributed by atoms with Crippen LogP contribution in [0.1, 0.15) is 17.0 Å². The Balaban J connectivity index is 2.27. The zero-order valence-electron chi connectivity index (χ0n) is 9.80. The first-order chi connectivity index (χ1) is 8.06. The molecule has 0 radical (unpaired) electrons. The van der Waals surface area contributed by atoms with Crippen molar-refractivity contribution >= 4 is 22.4 Å². The monoisotopic (exact) mass is 248 g/mol. The molecule has 1 aromatic heterocycles. The van der Waals surface area contributed by atoms with Crippen LogP contribution in [0.2, 0.25) is 0 Å². The van der Waals surface area contributed by atoms with Crippen molar-refractivity contribution in [1.82, 2.24) is 9.36 Å². The summed E-state index contributed by atoms with van der Waals surface area (Å²) < 4.78 is 4.01. The molecule has 17 heavy (non-hydrogen) atoms. The fourth-order valence-corrected chi connectivity index (χ4v) is 1.92. The summed E-state index contributed by atoms with van der Waals surface area (Å²) in [5.41, 5.74) is 2.27. The van der Waals surface area contributed by atoms with Crippen LogP contribution in [0.5, 0.6) is 5.75 Å². The van der Waals surface area contributed by atoms with E-state index in [4.69, 9.17) is 0 Å². The van der Waals surface area contributed by atoms with Crippen molar-refractivity contribution < 1.29 is 5.11 Å². The number of hydrogen-bond donors (Lipinski definition) is 1. The number of hydrogen-bond acceptors (Lipinski definition) is 6. The van der Waals surface area contributed by atoms with Crippen molar-refractivity contribution in [2.45, 2.75) is 20.8 Å². The van der Waals surface area contributed by atoms with Crippen molar-refractivity contribution in [3.05, 3.63) is 29.1 Å². The van der Waals surface area contributed by atoms with Gasteiger partial charge in [0.15, 0.2) is 0 Å². The number of benzene rings is 1. The van der Waals surface area contributed by atoms with E-state index in [-0.39, 0.29) is 0 Å². The lowest BCUT2D eigenvalue weighted by Crippen LogP contribution is -1.79. The van der Waals surface area contributed by atoms with Gasteiger partial charge in [0.1, 0.15) is 11.6 Å². The van der Waals surface area contributed by atoms with Gasteiger partial charge in [-0.2, -0.15) is 4.37 Å². The highest BCUT2D eigenvalue weighted by Gasteiger charge is 2.03. The molecule has 0 aliphatic heterocycles. The van der Waals surface area contributed by atoms with Crippen molar-refractivity contribution in [2.24, 2.45) is 10.2 Å². The highest BCUT2D eigenvalue weighted by molar-refractivity contribution is 7.09. The largest absolute Gasteiger partial charge is 0.507 e. The third kappa shape index (κ3) is 2.65. The summed E-state index contributed by atoms with van der Waals surface area (Å²) in [6.45, 7) is 5.47. The lowest BCUT2D eigenvalue weighted by atomic mass is 10.1. The molecular weight excluding hydrogens is 236 g/mol. The van der Waals surface area contributed by atoms with Crippen LogP contribution in [-0.2, 0) is 0 Å². The van der Waals surface area contributed by atoms with Crippen LogP contribution in [0.25, 0.3) is 0 Å². The molecule has 0 aliphatic carbocycles. The molecule has 6 heteroatoms. The second-order valence-corrected chi connectivity index (χ2v) is 4.48. The molecule has 0 saturated carbocycles. The summed E-state index contributed by atoms with van der Waals surface area (Å²) in [6, 6.07) is 3.56. The summed E-state index contributed by atoms with van der Waals surface area (Å²) in [7, 11) is 0. The Labute approximate surface area is 103 Å².